The van der Waals surface area contributed by atoms with Crippen molar-refractivity contribution in [3.05, 3.63) is 76.1 Å². The zero-order valence-electron chi connectivity index (χ0n) is 16.7. The largest absolute Gasteiger partial charge is 0.416 e. The van der Waals surface area contributed by atoms with E-state index in [0.717, 1.165) is 17.7 Å². The van der Waals surface area contributed by atoms with Gasteiger partial charge in [-0.05, 0) is 54.8 Å². The number of rotatable bonds is 3. The summed E-state index contributed by atoms with van der Waals surface area (Å²) in [5, 5.41) is 2.78. The molecule has 4 rings (SSSR count). The van der Waals surface area contributed by atoms with Gasteiger partial charge in [-0.3, -0.25) is 9.78 Å². The van der Waals surface area contributed by atoms with E-state index in [1.807, 2.05) is 0 Å². The summed E-state index contributed by atoms with van der Waals surface area (Å²) in [7, 11) is 0. The van der Waals surface area contributed by atoms with Crippen LogP contribution in [-0.2, 0) is 12.6 Å². The molecule has 9 heteroatoms. The van der Waals surface area contributed by atoms with Crippen LogP contribution in [0.25, 0.3) is 11.4 Å². The molecule has 3 aromatic rings. The van der Waals surface area contributed by atoms with Gasteiger partial charge < -0.3 is 5.32 Å². The fourth-order valence-corrected chi connectivity index (χ4v) is 3.71. The summed E-state index contributed by atoms with van der Waals surface area (Å²) in [5.74, 6) is -1.39. The molecule has 1 atom stereocenters. The number of hydrogen-bond donors (Lipinski definition) is 1. The minimum atomic E-state index is -4.66. The van der Waals surface area contributed by atoms with Gasteiger partial charge in [-0.25, -0.2) is 14.4 Å². The molecule has 5 nitrogen and oxygen atoms in total. The molecule has 1 unspecified atom stereocenters. The third-order valence-corrected chi connectivity index (χ3v) is 5.25. The predicted octanol–water partition coefficient (Wildman–Crippen LogP) is 4.44. The van der Waals surface area contributed by atoms with E-state index in [4.69, 9.17) is 0 Å². The number of carbonyl (C=O) groups is 1. The summed E-state index contributed by atoms with van der Waals surface area (Å²) < 4.78 is 53.3. The minimum Gasteiger partial charge on any atom is -0.352 e. The Hall–Kier alpha value is -3.36. The molecule has 0 fully saturated rings. The zero-order chi connectivity index (χ0) is 22.3. The molecule has 0 aliphatic carbocycles. The first-order valence-electron chi connectivity index (χ1n) is 9.63. The Balaban J connectivity index is 1.79. The Morgan fingerprint density at radius 2 is 1.90 bits per heavy atom. The number of nitrogens with one attached hydrogen (secondary N) is 1. The Labute approximate surface area is 175 Å². The molecular weight excluding hydrogens is 412 g/mol. The second-order valence-corrected chi connectivity index (χ2v) is 7.41. The standard InChI is InChI=1S/C22H18F4N4O/c1-11(13-7-14(22(24,25)26)9-15(23)8-13)18-10-19(30-12(2)29-18)20-16-3-6-28-21(31)17(16)4-5-27-20/h4-5,7-11H,3,6H2,1-2H3,(H,28,31). The van der Waals surface area contributed by atoms with E-state index in [2.05, 4.69) is 20.3 Å². The van der Waals surface area contributed by atoms with Gasteiger partial charge >= 0.3 is 6.18 Å². The van der Waals surface area contributed by atoms with Crippen LogP contribution >= 0.6 is 0 Å². The summed E-state index contributed by atoms with van der Waals surface area (Å²) in [4.78, 5) is 25.3. The molecule has 0 saturated carbocycles. The molecule has 31 heavy (non-hydrogen) atoms. The van der Waals surface area contributed by atoms with Gasteiger partial charge in [0.25, 0.3) is 5.91 Å². The van der Waals surface area contributed by atoms with Gasteiger partial charge in [0.15, 0.2) is 0 Å². The fraction of sp³-hybridized carbons (Fsp3) is 0.273. The van der Waals surface area contributed by atoms with Crippen LogP contribution in [0.4, 0.5) is 17.6 Å². The molecule has 1 aliphatic heterocycles. The highest BCUT2D eigenvalue weighted by molar-refractivity contribution is 5.98. The smallest absolute Gasteiger partial charge is 0.352 e. The molecule has 0 spiro atoms. The monoisotopic (exact) mass is 430 g/mol. The zero-order valence-corrected chi connectivity index (χ0v) is 16.7. The Kier molecular flexibility index (Phi) is 5.20. The number of nitrogens with zero attached hydrogens (tertiary/aromatic N) is 3. The predicted molar refractivity (Wildman–Crippen MR) is 105 cm³/mol. The summed E-state index contributed by atoms with van der Waals surface area (Å²) >= 11 is 0. The lowest BCUT2D eigenvalue weighted by atomic mass is 9.93. The van der Waals surface area contributed by atoms with Gasteiger partial charge in [0, 0.05) is 24.2 Å². The Morgan fingerprint density at radius 3 is 2.65 bits per heavy atom. The molecule has 3 heterocycles. The first-order chi connectivity index (χ1) is 14.6. The van der Waals surface area contributed by atoms with E-state index in [1.54, 1.807) is 26.0 Å². The molecule has 1 N–H and O–H groups in total. The molecule has 1 aromatic carbocycles. The summed E-state index contributed by atoms with van der Waals surface area (Å²) in [6.07, 6.45) is -2.56. The van der Waals surface area contributed by atoms with Crippen molar-refractivity contribution in [3.63, 3.8) is 0 Å². The third kappa shape index (κ3) is 4.12. The maximum atomic E-state index is 13.9. The third-order valence-electron chi connectivity index (χ3n) is 5.25. The number of aromatic nitrogens is 3. The minimum absolute atomic E-state index is 0.152. The lowest BCUT2D eigenvalue weighted by Gasteiger charge is -2.20. The molecule has 0 bridgehead atoms. The average Bonchev–Trinajstić information content (AvgIpc) is 2.71. The molecule has 0 radical (unpaired) electrons. The van der Waals surface area contributed by atoms with Crippen LogP contribution in [-0.4, -0.2) is 27.4 Å². The van der Waals surface area contributed by atoms with E-state index in [-0.39, 0.29) is 11.5 Å². The van der Waals surface area contributed by atoms with Crippen molar-refractivity contribution >= 4 is 5.91 Å². The van der Waals surface area contributed by atoms with E-state index in [0.29, 0.717) is 47.5 Å². The first-order valence-corrected chi connectivity index (χ1v) is 9.63. The van der Waals surface area contributed by atoms with Crippen LogP contribution in [0, 0.1) is 12.7 Å². The van der Waals surface area contributed by atoms with Gasteiger partial charge in [0.1, 0.15) is 11.6 Å². The second kappa shape index (κ2) is 7.72. The second-order valence-electron chi connectivity index (χ2n) is 7.41. The van der Waals surface area contributed by atoms with Crippen LogP contribution < -0.4 is 5.32 Å². The van der Waals surface area contributed by atoms with Crippen LogP contribution in [0.5, 0.6) is 0 Å². The van der Waals surface area contributed by atoms with Crippen LogP contribution in [0.15, 0.2) is 36.5 Å². The molecular formula is C22H18F4N4O. The lowest BCUT2D eigenvalue weighted by Crippen LogP contribution is -2.32. The van der Waals surface area contributed by atoms with E-state index >= 15 is 0 Å². The van der Waals surface area contributed by atoms with Crippen molar-refractivity contribution in [2.24, 2.45) is 0 Å². The number of hydrogen-bond acceptors (Lipinski definition) is 4. The molecule has 160 valence electrons. The summed E-state index contributed by atoms with van der Waals surface area (Å²) in [5.41, 5.74) is 1.80. The average molecular weight is 430 g/mol. The van der Waals surface area contributed by atoms with Gasteiger partial charge in [0.05, 0.1) is 22.6 Å². The normalized spacial score (nSPS) is 14.7. The van der Waals surface area contributed by atoms with Crippen molar-refractivity contribution in [3.8, 4) is 11.4 Å². The molecule has 2 aromatic heterocycles. The van der Waals surface area contributed by atoms with Gasteiger partial charge in [-0.15, -0.1) is 0 Å². The number of amides is 1. The molecule has 0 saturated heterocycles. The van der Waals surface area contributed by atoms with Crippen molar-refractivity contribution in [1.29, 1.82) is 0 Å². The number of aryl methyl sites for hydroxylation is 1. The number of fused-ring (bicyclic) bond motifs is 1. The van der Waals surface area contributed by atoms with Crippen LogP contribution in [0.1, 0.15) is 51.4 Å². The van der Waals surface area contributed by atoms with E-state index < -0.39 is 23.5 Å². The number of halogens is 4. The summed E-state index contributed by atoms with van der Waals surface area (Å²) in [6.45, 7) is 3.79. The van der Waals surface area contributed by atoms with Crippen molar-refractivity contribution in [2.75, 3.05) is 6.54 Å². The first kappa shape index (κ1) is 20.9. The maximum absolute atomic E-state index is 13.9. The van der Waals surface area contributed by atoms with Crippen molar-refractivity contribution in [1.82, 2.24) is 20.3 Å². The highest BCUT2D eigenvalue weighted by Gasteiger charge is 2.32. The van der Waals surface area contributed by atoms with Gasteiger partial charge in [-0.2, -0.15) is 13.2 Å². The summed E-state index contributed by atoms with van der Waals surface area (Å²) in [6, 6.07) is 5.74. The van der Waals surface area contributed by atoms with Crippen LogP contribution in [0.2, 0.25) is 0 Å². The number of pyridine rings is 1. The van der Waals surface area contributed by atoms with Gasteiger partial charge in [-0.1, -0.05) is 6.92 Å². The number of alkyl halides is 3. The van der Waals surface area contributed by atoms with E-state index in [1.165, 1.54) is 6.20 Å². The Bertz CT molecular complexity index is 1180. The van der Waals surface area contributed by atoms with Gasteiger partial charge in [0.2, 0.25) is 0 Å². The van der Waals surface area contributed by atoms with Crippen LogP contribution in [0.3, 0.4) is 0 Å². The number of benzene rings is 1. The van der Waals surface area contributed by atoms with Crippen molar-refractivity contribution in [2.45, 2.75) is 32.4 Å². The maximum Gasteiger partial charge on any atom is 0.416 e. The Morgan fingerprint density at radius 1 is 1.13 bits per heavy atom. The lowest BCUT2D eigenvalue weighted by molar-refractivity contribution is -0.137. The highest BCUT2D eigenvalue weighted by atomic mass is 19.4. The topological polar surface area (TPSA) is 67.8 Å². The fourth-order valence-electron chi connectivity index (χ4n) is 3.71. The quantitative estimate of drug-likeness (QED) is 0.624. The number of carbonyl (C=O) groups excluding carboxylic acids is 1. The SMILES string of the molecule is Cc1nc(-c2nccc3c2CCNC3=O)cc(C(C)c2cc(F)cc(C(F)(F)F)c2)n1. The van der Waals surface area contributed by atoms with E-state index in [9.17, 15) is 22.4 Å². The molecule has 1 amide bonds. The van der Waals surface area contributed by atoms with Crippen molar-refractivity contribution < 1.29 is 22.4 Å². The molecule has 1 aliphatic rings. The highest BCUT2D eigenvalue weighted by Crippen LogP contribution is 2.34.